The van der Waals surface area contributed by atoms with Gasteiger partial charge in [-0.15, -0.1) is 0 Å². The van der Waals surface area contributed by atoms with Crippen molar-refractivity contribution in [1.82, 2.24) is 9.55 Å². The molecule has 1 aromatic heterocycles. The van der Waals surface area contributed by atoms with Crippen molar-refractivity contribution < 1.29 is 0 Å². The molecule has 1 heterocycles. The van der Waals surface area contributed by atoms with Crippen LogP contribution in [-0.2, 0) is 6.54 Å². The zero-order chi connectivity index (χ0) is 11.3. The maximum Gasteiger partial charge on any atom is 0.347 e. The van der Waals surface area contributed by atoms with Gasteiger partial charge in [0.1, 0.15) is 0 Å². The summed E-state index contributed by atoms with van der Waals surface area (Å²) in [4.78, 5) is 15.1. The standard InChI is InChI=1S/C11H19N3O/c1-9-7-13-11(15)14(8-9)6-4-3-5-10(2)12/h7-8,10H,3-6,12H2,1-2H3. The first-order valence-electron chi connectivity index (χ1n) is 5.38. The maximum atomic E-state index is 11.3. The molecule has 0 aliphatic rings. The van der Waals surface area contributed by atoms with Gasteiger partial charge in [0.15, 0.2) is 0 Å². The molecule has 1 aromatic rings. The van der Waals surface area contributed by atoms with Gasteiger partial charge in [0.25, 0.3) is 0 Å². The summed E-state index contributed by atoms with van der Waals surface area (Å²) in [5.41, 5.74) is 6.50. The minimum atomic E-state index is -0.165. The first-order valence-corrected chi connectivity index (χ1v) is 5.38. The van der Waals surface area contributed by atoms with Crippen LogP contribution in [0.3, 0.4) is 0 Å². The highest BCUT2D eigenvalue weighted by atomic mass is 16.1. The van der Waals surface area contributed by atoms with Crippen LogP contribution in [0.4, 0.5) is 0 Å². The Balaban J connectivity index is 2.43. The van der Waals surface area contributed by atoms with E-state index in [0.29, 0.717) is 0 Å². The van der Waals surface area contributed by atoms with E-state index in [1.807, 2.05) is 20.0 Å². The highest BCUT2D eigenvalue weighted by Gasteiger charge is 1.98. The Morgan fingerprint density at radius 1 is 1.53 bits per heavy atom. The number of rotatable bonds is 5. The average Bonchev–Trinajstić information content (AvgIpc) is 2.17. The normalized spacial score (nSPS) is 12.7. The van der Waals surface area contributed by atoms with Crippen molar-refractivity contribution in [2.45, 2.75) is 45.7 Å². The molecule has 0 radical (unpaired) electrons. The van der Waals surface area contributed by atoms with Gasteiger partial charge in [0, 0.05) is 25.0 Å². The zero-order valence-corrected chi connectivity index (χ0v) is 9.44. The van der Waals surface area contributed by atoms with Crippen molar-refractivity contribution in [3.8, 4) is 0 Å². The first kappa shape index (κ1) is 11.9. The lowest BCUT2D eigenvalue weighted by Gasteiger charge is -2.06. The number of nitrogens with two attached hydrogens (primary N) is 1. The summed E-state index contributed by atoms with van der Waals surface area (Å²) in [7, 11) is 0. The molecule has 0 aromatic carbocycles. The Kier molecular flexibility index (Phi) is 4.49. The number of hydrogen-bond donors (Lipinski definition) is 1. The van der Waals surface area contributed by atoms with Gasteiger partial charge in [-0.05, 0) is 32.3 Å². The molecule has 0 fully saturated rings. The molecule has 84 valence electrons. The molecule has 1 atom stereocenters. The molecular formula is C11H19N3O. The molecule has 0 spiro atoms. The van der Waals surface area contributed by atoms with E-state index < -0.39 is 0 Å². The van der Waals surface area contributed by atoms with Gasteiger partial charge in [0.2, 0.25) is 0 Å². The van der Waals surface area contributed by atoms with E-state index in [4.69, 9.17) is 5.73 Å². The van der Waals surface area contributed by atoms with Crippen LogP contribution in [0.1, 0.15) is 31.7 Å². The Labute approximate surface area is 90.1 Å². The summed E-state index contributed by atoms with van der Waals surface area (Å²) >= 11 is 0. The van der Waals surface area contributed by atoms with Crippen LogP contribution in [-0.4, -0.2) is 15.6 Å². The maximum absolute atomic E-state index is 11.3. The predicted octanol–water partition coefficient (Wildman–Crippen LogP) is 1.07. The van der Waals surface area contributed by atoms with Gasteiger partial charge in [0.05, 0.1) is 0 Å². The molecule has 0 aliphatic carbocycles. The molecular weight excluding hydrogens is 190 g/mol. The Bertz CT molecular complexity index is 357. The third kappa shape index (κ3) is 4.25. The van der Waals surface area contributed by atoms with Crippen molar-refractivity contribution in [2.75, 3.05) is 0 Å². The van der Waals surface area contributed by atoms with Crippen molar-refractivity contribution in [3.05, 3.63) is 28.4 Å². The number of unbranched alkanes of at least 4 members (excludes halogenated alkanes) is 1. The number of nitrogens with zero attached hydrogens (tertiary/aromatic N) is 2. The number of aryl methyl sites for hydroxylation is 2. The summed E-state index contributed by atoms with van der Waals surface area (Å²) in [6, 6.07) is 0.248. The van der Waals surface area contributed by atoms with Crippen LogP contribution in [0.15, 0.2) is 17.2 Å². The summed E-state index contributed by atoms with van der Waals surface area (Å²) < 4.78 is 1.66. The Hall–Kier alpha value is -1.16. The fraction of sp³-hybridized carbons (Fsp3) is 0.636. The lowest BCUT2D eigenvalue weighted by atomic mass is 10.1. The van der Waals surface area contributed by atoms with Crippen molar-refractivity contribution in [2.24, 2.45) is 5.73 Å². The first-order chi connectivity index (χ1) is 7.09. The second-order valence-electron chi connectivity index (χ2n) is 4.08. The topological polar surface area (TPSA) is 60.9 Å². The number of aromatic nitrogens is 2. The molecule has 0 amide bonds. The van der Waals surface area contributed by atoms with Crippen LogP contribution in [0.25, 0.3) is 0 Å². The smallest absolute Gasteiger partial charge is 0.328 e. The fourth-order valence-corrected chi connectivity index (χ4v) is 1.47. The fourth-order valence-electron chi connectivity index (χ4n) is 1.47. The third-order valence-electron chi connectivity index (χ3n) is 2.29. The van der Waals surface area contributed by atoms with E-state index in [0.717, 1.165) is 31.4 Å². The summed E-state index contributed by atoms with van der Waals surface area (Å²) in [6.45, 7) is 4.67. The van der Waals surface area contributed by atoms with Crippen LogP contribution in [0.5, 0.6) is 0 Å². The molecule has 1 unspecified atom stereocenters. The predicted molar refractivity (Wildman–Crippen MR) is 60.7 cm³/mol. The average molecular weight is 209 g/mol. The van der Waals surface area contributed by atoms with Crippen molar-refractivity contribution >= 4 is 0 Å². The lowest BCUT2D eigenvalue weighted by molar-refractivity contribution is 0.535. The van der Waals surface area contributed by atoms with Gasteiger partial charge in [-0.25, -0.2) is 9.78 Å². The quantitative estimate of drug-likeness (QED) is 0.738. The number of hydrogen-bond acceptors (Lipinski definition) is 3. The molecule has 0 bridgehead atoms. The highest BCUT2D eigenvalue weighted by molar-refractivity contribution is 4.99. The largest absolute Gasteiger partial charge is 0.347 e. The van der Waals surface area contributed by atoms with Crippen molar-refractivity contribution in [1.29, 1.82) is 0 Å². The molecule has 1 rings (SSSR count). The van der Waals surface area contributed by atoms with Gasteiger partial charge in [-0.2, -0.15) is 0 Å². The van der Waals surface area contributed by atoms with Gasteiger partial charge >= 0.3 is 5.69 Å². The SMILES string of the molecule is Cc1cnc(=O)n(CCCCC(C)N)c1. The second kappa shape index (κ2) is 5.66. The molecule has 0 saturated heterocycles. The van der Waals surface area contributed by atoms with Crippen molar-refractivity contribution in [3.63, 3.8) is 0 Å². The molecule has 0 aliphatic heterocycles. The van der Waals surface area contributed by atoms with E-state index in [1.165, 1.54) is 0 Å². The minimum absolute atomic E-state index is 0.165. The van der Waals surface area contributed by atoms with E-state index in [-0.39, 0.29) is 11.7 Å². The van der Waals surface area contributed by atoms with E-state index in [1.54, 1.807) is 10.8 Å². The second-order valence-corrected chi connectivity index (χ2v) is 4.08. The van der Waals surface area contributed by atoms with Gasteiger partial charge in [-0.3, -0.25) is 4.57 Å². The lowest BCUT2D eigenvalue weighted by Crippen LogP contribution is -2.22. The summed E-state index contributed by atoms with van der Waals surface area (Å²) in [5.74, 6) is 0. The Morgan fingerprint density at radius 2 is 2.27 bits per heavy atom. The molecule has 2 N–H and O–H groups in total. The Morgan fingerprint density at radius 3 is 2.93 bits per heavy atom. The minimum Gasteiger partial charge on any atom is -0.328 e. The van der Waals surface area contributed by atoms with Crippen LogP contribution in [0, 0.1) is 6.92 Å². The zero-order valence-electron chi connectivity index (χ0n) is 9.44. The summed E-state index contributed by atoms with van der Waals surface area (Å²) in [5, 5.41) is 0. The van der Waals surface area contributed by atoms with Crippen LogP contribution in [0.2, 0.25) is 0 Å². The van der Waals surface area contributed by atoms with E-state index in [9.17, 15) is 4.79 Å². The van der Waals surface area contributed by atoms with Crippen LogP contribution < -0.4 is 11.4 Å². The third-order valence-corrected chi connectivity index (χ3v) is 2.29. The van der Waals surface area contributed by atoms with Crippen LogP contribution >= 0.6 is 0 Å². The molecule has 0 saturated carbocycles. The van der Waals surface area contributed by atoms with Gasteiger partial charge in [-0.1, -0.05) is 6.42 Å². The highest BCUT2D eigenvalue weighted by Crippen LogP contribution is 2.00. The van der Waals surface area contributed by atoms with E-state index in [2.05, 4.69) is 4.98 Å². The summed E-state index contributed by atoms with van der Waals surface area (Å²) in [6.07, 6.45) is 6.49. The molecule has 4 nitrogen and oxygen atoms in total. The van der Waals surface area contributed by atoms with Gasteiger partial charge < -0.3 is 5.73 Å². The molecule has 15 heavy (non-hydrogen) atoms. The van der Waals surface area contributed by atoms with E-state index >= 15 is 0 Å². The molecule has 4 heteroatoms. The monoisotopic (exact) mass is 209 g/mol.